The number of nitrogens with zero attached hydrogens (tertiary/aromatic N) is 1. The van der Waals surface area contributed by atoms with Gasteiger partial charge in [0, 0.05) is 12.7 Å². The van der Waals surface area contributed by atoms with E-state index in [1.807, 2.05) is 0 Å². The van der Waals surface area contributed by atoms with Gasteiger partial charge in [0.15, 0.2) is 0 Å². The van der Waals surface area contributed by atoms with E-state index in [0.717, 1.165) is 0 Å². The fourth-order valence-electron chi connectivity index (χ4n) is 2.10. The Morgan fingerprint density at radius 3 is 2.44 bits per heavy atom. The van der Waals surface area contributed by atoms with Crippen molar-refractivity contribution in [1.29, 1.82) is 0 Å². The summed E-state index contributed by atoms with van der Waals surface area (Å²) in [6.45, 7) is 9.36. The van der Waals surface area contributed by atoms with E-state index >= 15 is 0 Å². The summed E-state index contributed by atoms with van der Waals surface area (Å²) in [7, 11) is 0. The van der Waals surface area contributed by atoms with E-state index < -0.39 is 0 Å². The van der Waals surface area contributed by atoms with Crippen LogP contribution in [0.5, 0.6) is 0 Å². The van der Waals surface area contributed by atoms with Gasteiger partial charge in [0.1, 0.15) is 5.15 Å². The zero-order valence-corrected chi connectivity index (χ0v) is 12.2. The Morgan fingerprint density at radius 2 is 1.94 bits per heavy atom. The fourth-order valence-corrected chi connectivity index (χ4v) is 2.31. The van der Waals surface area contributed by atoms with Crippen molar-refractivity contribution < 1.29 is 4.79 Å². The minimum atomic E-state index is -0.153. The molecule has 0 aliphatic carbocycles. The summed E-state index contributed by atoms with van der Waals surface area (Å²) in [6, 6.07) is 3.40. The van der Waals surface area contributed by atoms with Crippen molar-refractivity contribution in [2.75, 3.05) is 6.54 Å². The van der Waals surface area contributed by atoms with Crippen LogP contribution in [-0.2, 0) is 0 Å². The number of rotatable bonds is 5. The first-order chi connectivity index (χ1) is 8.43. The van der Waals surface area contributed by atoms with Crippen LogP contribution in [0, 0.1) is 17.8 Å². The van der Waals surface area contributed by atoms with Crippen molar-refractivity contribution >= 4 is 17.5 Å². The zero-order valence-electron chi connectivity index (χ0n) is 11.4. The molecule has 1 heterocycles. The van der Waals surface area contributed by atoms with Gasteiger partial charge in [0.2, 0.25) is 0 Å². The van der Waals surface area contributed by atoms with Gasteiger partial charge < -0.3 is 5.32 Å². The number of carbonyl (C=O) groups excluding carboxylic acids is 1. The van der Waals surface area contributed by atoms with Crippen molar-refractivity contribution in [3.8, 4) is 0 Å². The number of nitrogens with one attached hydrogen (secondary N) is 1. The Kier molecular flexibility index (Phi) is 5.60. The molecule has 1 aromatic rings. The molecule has 1 aromatic heterocycles. The third-order valence-corrected chi connectivity index (χ3v) is 3.52. The molecule has 18 heavy (non-hydrogen) atoms. The molecule has 1 rings (SSSR count). The molecule has 0 spiro atoms. The molecular formula is C14H21ClN2O. The van der Waals surface area contributed by atoms with Crippen LogP contribution in [0.15, 0.2) is 18.3 Å². The Balaban J connectivity index is 2.64. The number of amides is 1. The summed E-state index contributed by atoms with van der Waals surface area (Å²) in [4.78, 5) is 15.9. The molecule has 0 fully saturated rings. The van der Waals surface area contributed by atoms with E-state index in [4.69, 9.17) is 11.6 Å². The molecule has 3 nitrogen and oxygen atoms in total. The number of halogens is 1. The standard InChI is InChI=1S/C14H21ClN2O/c1-9(2)12(10(3)4)8-17-14(18)11-6-5-7-16-13(11)15/h5-7,9-10,12H,8H2,1-4H3,(H,17,18). The monoisotopic (exact) mass is 268 g/mol. The Bertz CT molecular complexity index is 397. The van der Waals surface area contributed by atoms with Gasteiger partial charge in [-0.3, -0.25) is 4.79 Å². The summed E-state index contributed by atoms with van der Waals surface area (Å²) < 4.78 is 0. The van der Waals surface area contributed by atoms with E-state index in [9.17, 15) is 4.79 Å². The average molecular weight is 269 g/mol. The molecule has 0 saturated carbocycles. The van der Waals surface area contributed by atoms with E-state index in [-0.39, 0.29) is 11.1 Å². The second kappa shape index (κ2) is 6.74. The van der Waals surface area contributed by atoms with Crippen LogP contribution in [0.3, 0.4) is 0 Å². The molecule has 100 valence electrons. The lowest BCUT2D eigenvalue weighted by atomic mass is 9.85. The number of aromatic nitrogens is 1. The number of hydrogen-bond acceptors (Lipinski definition) is 2. The minimum absolute atomic E-state index is 0.153. The maximum Gasteiger partial charge on any atom is 0.254 e. The summed E-state index contributed by atoms with van der Waals surface area (Å²) >= 11 is 5.89. The van der Waals surface area contributed by atoms with Gasteiger partial charge >= 0.3 is 0 Å². The number of pyridine rings is 1. The van der Waals surface area contributed by atoms with Crippen LogP contribution in [0.25, 0.3) is 0 Å². The first kappa shape index (κ1) is 15.0. The largest absolute Gasteiger partial charge is 0.352 e. The summed E-state index contributed by atoms with van der Waals surface area (Å²) in [5.74, 6) is 1.38. The quantitative estimate of drug-likeness (QED) is 0.832. The van der Waals surface area contributed by atoms with E-state index in [0.29, 0.717) is 29.9 Å². The predicted octanol–water partition coefficient (Wildman–Crippen LogP) is 3.39. The van der Waals surface area contributed by atoms with Gasteiger partial charge in [0.05, 0.1) is 5.56 Å². The lowest BCUT2D eigenvalue weighted by Gasteiger charge is -2.25. The van der Waals surface area contributed by atoms with E-state index in [2.05, 4.69) is 38.0 Å². The second-order valence-electron chi connectivity index (χ2n) is 5.20. The number of carbonyl (C=O) groups is 1. The molecule has 1 amide bonds. The highest BCUT2D eigenvalue weighted by Crippen LogP contribution is 2.20. The van der Waals surface area contributed by atoms with Crippen LogP contribution in [0.1, 0.15) is 38.1 Å². The van der Waals surface area contributed by atoms with Crippen LogP contribution in [0.4, 0.5) is 0 Å². The fraction of sp³-hybridized carbons (Fsp3) is 0.571. The molecule has 0 atom stereocenters. The number of hydrogen-bond donors (Lipinski definition) is 1. The molecule has 0 bridgehead atoms. The summed E-state index contributed by atoms with van der Waals surface area (Å²) in [6.07, 6.45) is 1.57. The van der Waals surface area contributed by atoms with Gasteiger partial charge in [-0.25, -0.2) is 4.98 Å². The summed E-state index contributed by atoms with van der Waals surface area (Å²) in [5, 5.41) is 3.19. The van der Waals surface area contributed by atoms with Gasteiger partial charge in [-0.2, -0.15) is 0 Å². The Hall–Kier alpha value is -1.09. The van der Waals surface area contributed by atoms with E-state index in [1.165, 1.54) is 0 Å². The average Bonchev–Trinajstić information content (AvgIpc) is 2.28. The highest BCUT2D eigenvalue weighted by molar-refractivity contribution is 6.32. The van der Waals surface area contributed by atoms with Crippen LogP contribution < -0.4 is 5.32 Å². The van der Waals surface area contributed by atoms with Crippen molar-refractivity contribution in [2.24, 2.45) is 17.8 Å². The van der Waals surface area contributed by atoms with Crippen molar-refractivity contribution in [2.45, 2.75) is 27.7 Å². The highest BCUT2D eigenvalue weighted by atomic mass is 35.5. The topological polar surface area (TPSA) is 42.0 Å². The normalized spacial score (nSPS) is 11.3. The SMILES string of the molecule is CC(C)C(CNC(=O)c1cccnc1Cl)C(C)C. The van der Waals surface area contributed by atoms with Gasteiger partial charge in [-0.05, 0) is 29.9 Å². The molecular weight excluding hydrogens is 248 g/mol. The molecule has 4 heteroatoms. The first-order valence-electron chi connectivity index (χ1n) is 6.32. The third kappa shape index (κ3) is 3.98. The lowest BCUT2D eigenvalue weighted by molar-refractivity contribution is 0.0937. The van der Waals surface area contributed by atoms with Crippen molar-refractivity contribution in [3.05, 3.63) is 29.0 Å². The third-order valence-electron chi connectivity index (χ3n) is 3.21. The molecule has 0 saturated heterocycles. The van der Waals surface area contributed by atoms with Crippen LogP contribution in [0.2, 0.25) is 5.15 Å². The highest BCUT2D eigenvalue weighted by Gasteiger charge is 2.19. The Labute approximate surface area is 114 Å². The smallest absolute Gasteiger partial charge is 0.254 e. The van der Waals surface area contributed by atoms with Gasteiger partial charge in [-0.15, -0.1) is 0 Å². The maximum absolute atomic E-state index is 12.0. The van der Waals surface area contributed by atoms with Gasteiger partial charge in [-0.1, -0.05) is 39.3 Å². The molecule has 0 aromatic carbocycles. The van der Waals surface area contributed by atoms with Crippen molar-refractivity contribution in [3.63, 3.8) is 0 Å². The molecule has 0 radical (unpaired) electrons. The van der Waals surface area contributed by atoms with Crippen LogP contribution >= 0.6 is 11.6 Å². The Morgan fingerprint density at radius 1 is 1.33 bits per heavy atom. The minimum Gasteiger partial charge on any atom is -0.352 e. The van der Waals surface area contributed by atoms with Crippen LogP contribution in [-0.4, -0.2) is 17.4 Å². The second-order valence-corrected chi connectivity index (χ2v) is 5.56. The van der Waals surface area contributed by atoms with E-state index in [1.54, 1.807) is 18.3 Å². The molecule has 0 aliphatic rings. The lowest BCUT2D eigenvalue weighted by Crippen LogP contribution is -2.34. The maximum atomic E-state index is 12.0. The first-order valence-corrected chi connectivity index (χ1v) is 6.70. The van der Waals surface area contributed by atoms with Crippen molar-refractivity contribution in [1.82, 2.24) is 10.3 Å². The zero-order chi connectivity index (χ0) is 13.7. The molecule has 1 N–H and O–H groups in total. The summed E-state index contributed by atoms with van der Waals surface area (Å²) in [5.41, 5.74) is 0.436. The predicted molar refractivity (Wildman–Crippen MR) is 74.7 cm³/mol. The molecule has 0 unspecified atom stereocenters. The van der Waals surface area contributed by atoms with Gasteiger partial charge in [0.25, 0.3) is 5.91 Å². The molecule has 0 aliphatic heterocycles.